The fourth-order valence-electron chi connectivity index (χ4n) is 2.39. The number of rotatable bonds is 3. The second-order valence-corrected chi connectivity index (χ2v) is 5.45. The van der Waals surface area contributed by atoms with Crippen molar-refractivity contribution in [1.82, 2.24) is 4.90 Å². The van der Waals surface area contributed by atoms with Gasteiger partial charge in [-0.05, 0) is 38.8 Å². The Kier molecular flexibility index (Phi) is 4.18. The molecule has 0 spiro atoms. The number of hydrogen-bond donors (Lipinski definition) is 2. The van der Waals surface area contributed by atoms with Crippen molar-refractivity contribution in [3.8, 4) is 5.75 Å². The first kappa shape index (κ1) is 14.7. The lowest BCUT2D eigenvalue weighted by Gasteiger charge is -2.36. The summed E-state index contributed by atoms with van der Waals surface area (Å²) >= 11 is 0. The van der Waals surface area contributed by atoms with Gasteiger partial charge in [0, 0.05) is 13.1 Å². The first-order chi connectivity index (χ1) is 9.44. The lowest BCUT2D eigenvalue weighted by molar-refractivity contribution is -0.00209. The lowest BCUT2D eigenvalue weighted by Crippen LogP contribution is -2.45. The molecule has 1 amide bonds. The lowest BCUT2D eigenvalue weighted by atomic mass is 9.93. The number of nitrogen functional groups attached to an aromatic ring is 1. The summed E-state index contributed by atoms with van der Waals surface area (Å²) in [5.41, 5.74) is 6.18. The van der Waals surface area contributed by atoms with E-state index in [1.807, 2.05) is 6.92 Å². The highest BCUT2D eigenvalue weighted by Crippen LogP contribution is 2.29. The number of benzene rings is 1. The maximum Gasteiger partial charge on any atom is 0.257 e. The largest absolute Gasteiger partial charge is 0.491 e. The first-order valence-corrected chi connectivity index (χ1v) is 6.97. The minimum absolute atomic E-state index is 0.0868. The molecule has 2 rings (SSSR count). The van der Waals surface area contributed by atoms with Crippen LogP contribution in [0.2, 0.25) is 0 Å². The molecule has 5 heteroatoms. The van der Waals surface area contributed by atoms with Gasteiger partial charge in [-0.1, -0.05) is 6.07 Å². The summed E-state index contributed by atoms with van der Waals surface area (Å²) in [5, 5.41) is 9.94. The monoisotopic (exact) mass is 278 g/mol. The van der Waals surface area contributed by atoms with Crippen LogP contribution in [0, 0.1) is 0 Å². The van der Waals surface area contributed by atoms with Crippen molar-refractivity contribution in [2.24, 2.45) is 0 Å². The Morgan fingerprint density at radius 3 is 2.70 bits per heavy atom. The maximum absolute atomic E-state index is 12.6. The number of para-hydroxylation sites is 1. The van der Waals surface area contributed by atoms with Gasteiger partial charge in [-0.15, -0.1) is 0 Å². The van der Waals surface area contributed by atoms with Crippen LogP contribution in [-0.4, -0.2) is 41.2 Å². The molecule has 0 unspecified atom stereocenters. The molecule has 1 aromatic rings. The Morgan fingerprint density at radius 2 is 2.10 bits per heavy atom. The molecule has 0 saturated carbocycles. The summed E-state index contributed by atoms with van der Waals surface area (Å²) < 4.78 is 5.50. The standard InChI is InChI=1S/C15H22N2O3/c1-3-20-13-11(5-4-6-12(13)16)14(18)17-9-7-15(2,19)8-10-17/h4-6,19H,3,7-10,16H2,1-2H3. The van der Waals surface area contributed by atoms with Crippen LogP contribution >= 0.6 is 0 Å². The van der Waals surface area contributed by atoms with Crippen molar-refractivity contribution >= 4 is 11.6 Å². The normalized spacial score (nSPS) is 17.9. The van der Waals surface area contributed by atoms with Crippen molar-refractivity contribution in [3.05, 3.63) is 23.8 Å². The van der Waals surface area contributed by atoms with Crippen molar-refractivity contribution in [2.75, 3.05) is 25.4 Å². The predicted molar refractivity (Wildman–Crippen MR) is 77.8 cm³/mol. The van der Waals surface area contributed by atoms with E-state index in [0.717, 1.165) is 0 Å². The molecule has 0 aromatic heterocycles. The quantitative estimate of drug-likeness (QED) is 0.824. The molecule has 3 N–H and O–H groups in total. The SMILES string of the molecule is CCOc1c(N)cccc1C(=O)N1CCC(C)(O)CC1. The average molecular weight is 278 g/mol. The number of anilines is 1. The number of piperidine rings is 1. The van der Waals surface area contributed by atoms with E-state index in [0.29, 0.717) is 49.5 Å². The van der Waals surface area contributed by atoms with Gasteiger partial charge < -0.3 is 20.5 Å². The summed E-state index contributed by atoms with van der Waals surface area (Å²) in [6, 6.07) is 5.21. The third-order valence-electron chi connectivity index (χ3n) is 3.69. The van der Waals surface area contributed by atoms with Gasteiger partial charge in [0.25, 0.3) is 5.91 Å². The van der Waals surface area contributed by atoms with Gasteiger partial charge in [0.15, 0.2) is 5.75 Å². The number of carbonyl (C=O) groups excluding carboxylic acids is 1. The Hall–Kier alpha value is -1.75. The topological polar surface area (TPSA) is 75.8 Å². The van der Waals surface area contributed by atoms with E-state index in [1.165, 1.54) is 0 Å². The molecule has 1 saturated heterocycles. The van der Waals surface area contributed by atoms with Gasteiger partial charge in [-0.2, -0.15) is 0 Å². The van der Waals surface area contributed by atoms with Gasteiger partial charge in [-0.3, -0.25) is 4.79 Å². The number of aliphatic hydroxyl groups is 1. The molecular weight excluding hydrogens is 256 g/mol. The van der Waals surface area contributed by atoms with Crippen LogP contribution in [0.4, 0.5) is 5.69 Å². The number of carbonyl (C=O) groups is 1. The predicted octanol–water partition coefficient (Wildman–Crippen LogP) is 1.65. The van der Waals surface area contributed by atoms with Crippen LogP contribution in [0.25, 0.3) is 0 Å². The molecule has 5 nitrogen and oxygen atoms in total. The molecule has 1 aliphatic rings. The van der Waals surface area contributed by atoms with Crippen molar-refractivity contribution in [1.29, 1.82) is 0 Å². The maximum atomic E-state index is 12.6. The van der Waals surface area contributed by atoms with E-state index in [2.05, 4.69) is 0 Å². The minimum atomic E-state index is -0.671. The number of nitrogens with zero attached hydrogens (tertiary/aromatic N) is 1. The molecule has 110 valence electrons. The molecule has 1 fully saturated rings. The Bertz CT molecular complexity index is 490. The molecule has 0 bridgehead atoms. The summed E-state index contributed by atoms with van der Waals surface area (Å²) in [6.07, 6.45) is 1.18. The summed E-state index contributed by atoms with van der Waals surface area (Å²) in [6.45, 7) is 5.22. The van der Waals surface area contributed by atoms with Crippen LogP contribution in [0.15, 0.2) is 18.2 Å². The van der Waals surface area contributed by atoms with E-state index < -0.39 is 5.60 Å². The van der Waals surface area contributed by atoms with E-state index in [1.54, 1.807) is 30.0 Å². The second kappa shape index (κ2) is 5.71. The van der Waals surface area contributed by atoms with Crippen LogP contribution in [-0.2, 0) is 0 Å². The molecule has 0 atom stereocenters. The summed E-state index contributed by atoms with van der Waals surface area (Å²) in [7, 11) is 0. The van der Waals surface area contributed by atoms with Crippen molar-refractivity contribution in [2.45, 2.75) is 32.3 Å². The zero-order chi connectivity index (χ0) is 14.8. The third-order valence-corrected chi connectivity index (χ3v) is 3.69. The highest BCUT2D eigenvalue weighted by Gasteiger charge is 2.31. The number of nitrogens with two attached hydrogens (primary N) is 1. The van der Waals surface area contributed by atoms with E-state index in [-0.39, 0.29) is 5.91 Å². The summed E-state index contributed by atoms with van der Waals surface area (Å²) in [5.74, 6) is 0.369. The van der Waals surface area contributed by atoms with Crippen LogP contribution in [0.5, 0.6) is 5.75 Å². The average Bonchev–Trinajstić information content (AvgIpc) is 2.40. The number of ether oxygens (including phenoxy) is 1. The highest BCUT2D eigenvalue weighted by atomic mass is 16.5. The van der Waals surface area contributed by atoms with Crippen LogP contribution in [0.1, 0.15) is 37.0 Å². The smallest absolute Gasteiger partial charge is 0.257 e. The summed E-state index contributed by atoms with van der Waals surface area (Å²) in [4.78, 5) is 14.3. The van der Waals surface area contributed by atoms with Crippen LogP contribution < -0.4 is 10.5 Å². The Labute approximate surface area is 119 Å². The molecule has 1 aromatic carbocycles. The Balaban J connectivity index is 2.19. The van der Waals surface area contributed by atoms with Gasteiger partial charge in [-0.25, -0.2) is 0 Å². The minimum Gasteiger partial charge on any atom is -0.491 e. The fourth-order valence-corrected chi connectivity index (χ4v) is 2.39. The molecule has 0 radical (unpaired) electrons. The van der Waals surface area contributed by atoms with Gasteiger partial charge in [0.1, 0.15) is 0 Å². The number of hydrogen-bond acceptors (Lipinski definition) is 4. The van der Waals surface area contributed by atoms with Crippen molar-refractivity contribution in [3.63, 3.8) is 0 Å². The van der Waals surface area contributed by atoms with E-state index in [9.17, 15) is 9.90 Å². The van der Waals surface area contributed by atoms with Gasteiger partial charge >= 0.3 is 0 Å². The molecule has 0 aliphatic carbocycles. The van der Waals surface area contributed by atoms with E-state index in [4.69, 9.17) is 10.5 Å². The van der Waals surface area contributed by atoms with Crippen LogP contribution in [0.3, 0.4) is 0 Å². The second-order valence-electron chi connectivity index (χ2n) is 5.45. The molecular formula is C15H22N2O3. The fraction of sp³-hybridized carbons (Fsp3) is 0.533. The third kappa shape index (κ3) is 3.04. The molecule has 1 heterocycles. The molecule has 1 aliphatic heterocycles. The number of likely N-dealkylation sites (tertiary alicyclic amines) is 1. The Morgan fingerprint density at radius 1 is 1.45 bits per heavy atom. The first-order valence-electron chi connectivity index (χ1n) is 6.97. The zero-order valence-corrected chi connectivity index (χ0v) is 12.1. The number of amides is 1. The zero-order valence-electron chi connectivity index (χ0n) is 12.1. The van der Waals surface area contributed by atoms with Gasteiger partial charge in [0.2, 0.25) is 0 Å². The van der Waals surface area contributed by atoms with E-state index >= 15 is 0 Å². The molecule has 20 heavy (non-hydrogen) atoms. The van der Waals surface area contributed by atoms with Crippen molar-refractivity contribution < 1.29 is 14.6 Å². The highest BCUT2D eigenvalue weighted by molar-refractivity contribution is 5.98. The van der Waals surface area contributed by atoms with Gasteiger partial charge in [0.05, 0.1) is 23.5 Å².